The maximum atomic E-state index is 11.1. The monoisotopic (exact) mass is 212 g/mol. The Morgan fingerprint density at radius 3 is 2.80 bits per heavy atom. The quantitative estimate of drug-likeness (QED) is 0.756. The van der Waals surface area contributed by atoms with E-state index < -0.39 is 0 Å². The van der Waals surface area contributed by atoms with Crippen molar-refractivity contribution in [1.29, 1.82) is 0 Å². The molecule has 0 spiro atoms. The molecular formula is C9H16N4O2. The predicted molar refractivity (Wildman–Crippen MR) is 54.1 cm³/mol. The maximum Gasteiger partial charge on any atom is 0.292 e. The molecule has 0 aromatic carbocycles. The first-order valence-corrected chi connectivity index (χ1v) is 4.85. The Kier molecular flexibility index (Phi) is 3.79. The number of aromatic nitrogens is 2. The summed E-state index contributed by atoms with van der Waals surface area (Å²) in [7, 11) is 1.51. The normalized spacial score (nSPS) is 12.9. The van der Waals surface area contributed by atoms with E-state index >= 15 is 0 Å². The number of carbonyl (C=O) groups excluding carboxylic acids is 1. The van der Waals surface area contributed by atoms with E-state index in [2.05, 4.69) is 29.3 Å². The number of nitrogens with one attached hydrogen (secondary N) is 1. The van der Waals surface area contributed by atoms with Crippen LogP contribution in [0.3, 0.4) is 0 Å². The molecule has 1 aromatic rings. The van der Waals surface area contributed by atoms with Crippen LogP contribution in [0.25, 0.3) is 0 Å². The summed E-state index contributed by atoms with van der Waals surface area (Å²) in [6.45, 7) is 4.10. The lowest BCUT2D eigenvalue weighted by Crippen LogP contribution is -2.20. The highest BCUT2D eigenvalue weighted by Crippen LogP contribution is 2.16. The molecule has 6 heteroatoms. The Hall–Kier alpha value is -1.43. The molecule has 1 atom stereocenters. The van der Waals surface area contributed by atoms with Crippen molar-refractivity contribution in [2.45, 2.75) is 26.3 Å². The highest BCUT2D eigenvalue weighted by Gasteiger charge is 2.18. The van der Waals surface area contributed by atoms with Crippen LogP contribution in [0.2, 0.25) is 0 Å². The molecule has 0 fully saturated rings. The molecule has 1 aromatic heterocycles. The molecular weight excluding hydrogens is 196 g/mol. The minimum atomic E-state index is -0.373. The Labute approximate surface area is 88.2 Å². The second kappa shape index (κ2) is 4.88. The molecule has 6 nitrogen and oxygen atoms in total. The van der Waals surface area contributed by atoms with E-state index in [0.29, 0.717) is 11.8 Å². The Balaban J connectivity index is 2.71. The fraction of sp³-hybridized carbons (Fsp3) is 0.667. The van der Waals surface area contributed by atoms with Crippen molar-refractivity contribution < 1.29 is 9.32 Å². The Morgan fingerprint density at radius 1 is 1.60 bits per heavy atom. The zero-order chi connectivity index (χ0) is 11.4. The maximum absolute atomic E-state index is 11.1. The van der Waals surface area contributed by atoms with Crippen molar-refractivity contribution >= 4 is 5.91 Å². The summed E-state index contributed by atoms with van der Waals surface area (Å²) in [5, 5.41) is 5.95. The summed E-state index contributed by atoms with van der Waals surface area (Å²) in [4.78, 5) is 15.1. The lowest BCUT2D eigenvalue weighted by Gasteiger charge is -2.08. The number of hydrogen-bond donors (Lipinski definition) is 2. The Bertz CT molecular complexity index is 335. The number of amides is 1. The second-order valence-corrected chi connectivity index (χ2v) is 3.77. The first-order chi connectivity index (χ1) is 7.04. The predicted octanol–water partition coefficient (Wildman–Crippen LogP) is 0.475. The van der Waals surface area contributed by atoms with Gasteiger partial charge in [-0.2, -0.15) is 4.98 Å². The molecule has 0 aliphatic heterocycles. The molecule has 0 unspecified atom stereocenters. The van der Waals surface area contributed by atoms with Gasteiger partial charge < -0.3 is 15.6 Å². The minimum absolute atomic E-state index is 0.0201. The fourth-order valence-corrected chi connectivity index (χ4v) is 1.20. The van der Waals surface area contributed by atoms with Crippen LogP contribution in [0.5, 0.6) is 0 Å². The van der Waals surface area contributed by atoms with Crippen LogP contribution in [0, 0.1) is 5.92 Å². The van der Waals surface area contributed by atoms with Gasteiger partial charge in [0.15, 0.2) is 0 Å². The van der Waals surface area contributed by atoms with Gasteiger partial charge in [0.2, 0.25) is 5.89 Å². The molecule has 1 amide bonds. The third kappa shape index (κ3) is 3.02. The number of carbonyl (C=O) groups is 1. The number of rotatable bonds is 4. The standard InChI is InChI=1S/C9H16N4O2/c1-5(2)4-6(10)9-12-7(13-15-9)8(14)11-3/h5-6H,4,10H2,1-3H3,(H,11,14)/t6-/m0/s1. The zero-order valence-corrected chi connectivity index (χ0v) is 9.15. The highest BCUT2D eigenvalue weighted by molar-refractivity contribution is 5.89. The van der Waals surface area contributed by atoms with Crippen molar-refractivity contribution in [1.82, 2.24) is 15.5 Å². The van der Waals surface area contributed by atoms with Gasteiger partial charge in [0.05, 0.1) is 6.04 Å². The molecule has 1 rings (SSSR count). The van der Waals surface area contributed by atoms with Gasteiger partial charge in [-0.25, -0.2) is 0 Å². The van der Waals surface area contributed by atoms with Crippen molar-refractivity contribution in [2.24, 2.45) is 11.7 Å². The van der Waals surface area contributed by atoms with E-state index in [1.165, 1.54) is 7.05 Å². The van der Waals surface area contributed by atoms with Gasteiger partial charge in [0.25, 0.3) is 11.7 Å². The van der Waals surface area contributed by atoms with Gasteiger partial charge in [-0.1, -0.05) is 19.0 Å². The average Bonchev–Trinajstić information content (AvgIpc) is 2.64. The van der Waals surface area contributed by atoms with E-state index in [9.17, 15) is 4.79 Å². The summed E-state index contributed by atoms with van der Waals surface area (Å²) in [5.74, 6) is 0.395. The van der Waals surface area contributed by atoms with Gasteiger partial charge in [0, 0.05) is 7.05 Å². The first-order valence-electron chi connectivity index (χ1n) is 4.85. The SMILES string of the molecule is CNC(=O)c1noc([C@@H](N)CC(C)C)n1. The average molecular weight is 212 g/mol. The minimum Gasteiger partial charge on any atom is -0.352 e. The van der Waals surface area contributed by atoms with Gasteiger partial charge in [-0.15, -0.1) is 0 Å². The molecule has 84 valence electrons. The second-order valence-electron chi connectivity index (χ2n) is 3.77. The smallest absolute Gasteiger partial charge is 0.292 e. The molecule has 1 heterocycles. The summed E-state index contributed by atoms with van der Waals surface area (Å²) in [6, 6.07) is -0.309. The summed E-state index contributed by atoms with van der Waals surface area (Å²) in [5.41, 5.74) is 5.82. The van der Waals surface area contributed by atoms with Crippen LogP contribution in [-0.2, 0) is 0 Å². The van der Waals surface area contributed by atoms with Crippen LogP contribution < -0.4 is 11.1 Å². The number of hydrogen-bond acceptors (Lipinski definition) is 5. The van der Waals surface area contributed by atoms with Crippen LogP contribution in [0.1, 0.15) is 42.8 Å². The van der Waals surface area contributed by atoms with E-state index in [-0.39, 0.29) is 17.8 Å². The largest absolute Gasteiger partial charge is 0.352 e. The molecule has 0 saturated heterocycles. The van der Waals surface area contributed by atoms with Crippen LogP contribution in [-0.4, -0.2) is 23.1 Å². The lowest BCUT2D eigenvalue weighted by molar-refractivity contribution is 0.0950. The van der Waals surface area contributed by atoms with E-state index in [0.717, 1.165) is 6.42 Å². The molecule has 3 N–H and O–H groups in total. The molecule has 0 radical (unpaired) electrons. The van der Waals surface area contributed by atoms with Gasteiger partial charge in [-0.05, 0) is 12.3 Å². The summed E-state index contributed by atoms with van der Waals surface area (Å²) >= 11 is 0. The first kappa shape index (κ1) is 11.6. The molecule has 0 aliphatic rings. The molecule has 0 saturated carbocycles. The summed E-state index contributed by atoms with van der Waals surface area (Å²) in [6.07, 6.45) is 0.745. The van der Waals surface area contributed by atoms with E-state index in [4.69, 9.17) is 10.3 Å². The van der Waals surface area contributed by atoms with Crippen LogP contribution >= 0.6 is 0 Å². The topological polar surface area (TPSA) is 94.0 Å². The van der Waals surface area contributed by atoms with Gasteiger partial charge in [-0.3, -0.25) is 4.79 Å². The number of nitrogens with two attached hydrogens (primary N) is 1. The molecule has 0 aliphatic carbocycles. The Morgan fingerprint density at radius 2 is 2.27 bits per heavy atom. The van der Waals surface area contributed by atoms with Crippen molar-refractivity contribution in [2.75, 3.05) is 7.05 Å². The molecule has 15 heavy (non-hydrogen) atoms. The van der Waals surface area contributed by atoms with Gasteiger partial charge >= 0.3 is 0 Å². The van der Waals surface area contributed by atoms with E-state index in [1.807, 2.05) is 0 Å². The van der Waals surface area contributed by atoms with Crippen molar-refractivity contribution in [3.05, 3.63) is 11.7 Å². The highest BCUT2D eigenvalue weighted by atomic mass is 16.5. The third-order valence-corrected chi connectivity index (χ3v) is 1.91. The lowest BCUT2D eigenvalue weighted by atomic mass is 10.0. The third-order valence-electron chi connectivity index (χ3n) is 1.91. The fourth-order valence-electron chi connectivity index (χ4n) is 1.20. The van der Waals surface area contributed by atoms with Crippen molar-refractivity contribution in [3.8, 4) is 0 Å². The van der Waals surface area contributed by atoms with Gasteiger partial charge in [0.1, 0.15) is 0 Å². The van der Waals surface area contributed by atoms with Crippen LogP contribution in [0.4, 0.5) is 0 Å². The molecule has 0 bridgehead atoms. The van der Waals surface area contributed by atoms with Crippen molar-refractivity contribution in [3.63, 3.8) is 0 Å². The number of nitrogens with zero attached hydrogens (tertiary/aromatic N) is 2. The zero-order valence-electron chi connectivity index (χ0n) is 9.15. The summed E-state index contributed by atoms with van der Waals surface area (Å²) < 4.78 is 4.90. The van der Waals surface area contributed by atoms with E-state index in [1.54, 1.807) is 0 Å². The van der Waals surface area contributed by atoms with Crippen LogP contribution in [0.15, 0.2) is 4.52 Å².